The molecule has 2 aromatic rings. The lowest BCUT2D eigenvalue weighted by atomic mass is 9.92. The molecule has 0 unspecified atom stereocenters. The van der Waals surface area contributed by atoms with E-state index in [-0.39, 0.29) is 56.1 Å². The fraction of sp³-hybridized carbons (Fsp3) is 0.513. The molecular formula is C39H46FN3O7. The predicted octanol–water partition coefficient (Wildman–Crippen LogP) is 5.22. The summed E-state index contributed by atoms with van der Waals surface area (Å²) >= 11 is 0. The van der Waals surface area contributed by atoms with Gasteiger partial charge in [-0.2, -0.15) is 0 Å². The summed E-state index contributed by atoms with van der Waals surface area (Å²) in [7, 11) is 0. The summed E-state index contributed by atoms with van der Waals surface area (Å²) in [6.45, 7) is 5.90. The van der Waals surface area contributed by atoms with Gasteiger partial charge in [-0.05, 0) is 70.2 Å². The number of nitrogens with zero attached hydrogens (tertiary/aromatic N) is 2. The molecule has 2 saturated heterocycles. The van der Waals surface area contributed by atoms with Crippen LogP contribution in [0.4, 0.5) is 4.39 Å². The lowest BCUT2D eigenvalue weighted by Gasteiger charge is -2.32. The van der Waals surface area contributed by atoms with Crippen molar-refractivity contribution in [3.05, 3.63) is 72.1 Å². The molecule has 1 saturated carbocycles. The number of hydrogen-bond acceptors (Lipinski definition) is 6. The number of ether oxygens (including phenoxy) is 1. The van der Waals surface area contributed by atoms with Gasteiger partial charge in [0.1, 0.15) is 23.0 Å². The van der Waals surface area contributed by atoms with Crippen molar-refractivity contribution in [2.45, 2.75) is 82.9 Å². The van der Waals surface area contributed by atoms with E-state index in [1.165, 1.54) is 23.1 Å². The Hall–Kier alpha value is -4.54. The molecular weight excluding hydrogens is 641 g/mol. The van der Waals surface area contributed by atoms with Crippen LogP contribution in [0.1, 0.15) is 76.1 Å². The molecule has 3 heterocycles. The molecule has 0 radical (unpaired) electrons. The molecule has 2 aromatic carbocycles. The summed E-state index contributed by atoms with van der Waals surface area (Å²) in [5.41, 5.74) is -0.947. The van der Waals surface area contributed by atoms with E-state index < -0.39 is 52.7 Å². The summed E-state index contributed by atoms with van der Waals surface area (Å²) in [6.07, 6.45) is 7.52. The third-order valence-electron chi connectivity index (χ3n) is 10.5. The molecule has 6 atom stereocenters. The van der Waals surface area contributed by atoms with Crippen molar-refractivity contribution in [2.75, 3.05) is 19.6 Å². The summed E-state index contributed by atoms with van der Waals surface area (Å²) in [6, 6.07) is 12.2. The highest BCUT2D eigenvalue weighted by atomic mass is 19.1. The lowest BCUT2D eigenvalue weighted by Crippen LogP contribution is -2.56. The Kier molecular flexibility index (Phi) is 9.88. The number of amides is 3. The van der Waals surface area contributed by atoms with Crippen LogP contribution in [-0.4, -0.2) is 81.4 Å². The lowest BCUT2D eigenvalue weighted by molar-refractivity contribution is -0.159. The van der Waals surface area contributed by atoms with Crippen molar-refractivity contribution in [1.82, 2.24) is 15.1 Å². The van der Waals surface area contributed by atoms with Crippen LogP contribution in [-0.2, 0) is 23.9 Å². The van der Waals surface area contributed by atoms with E-state index in [1.54, 1.807) is 49.9 Å². The normalized spacial score (nSPS) is 29.1. The second kappa shape index (κ2) is 14.0. The van der Waals surface area contributed by atoms with Gasteiger partial charge >= 0.3 is 11.9 Å². The van der Waals surface area contributed by atoms with Crippen LogP contribution < -0.4 is 5.32 Å². The van der Waals surface area contributed by atoms with E-state index in [0.29, 0.717) is 29.5 Å². The standard InChI is InChI=1S/C39H46FN3O7/c1-38(2,3)50-32(44)19-25-14-8-5-4-6-11-15-28-20-39(28,37(48)49)41-34(45)33-30-23-42(21-27(30)22-43(33)36(25)47)35(46)26-16-17-31(40)29(18-26)24-12-9-7-10-13-24/h7,9-13,15-18,25,27-28,30,33H,4-6,8,14,19-23H2,1-3H3,(H,41,45)(H,48,49)/b15-11-/t25-,27-,28+,30-,33-,39+/m0/s1. The Labute approximate surface area is 292 Å². The summed E-state index contributed by atoms with van der Waals surface area (Å²) < 4.78 is 20.4. The quantitative estimate of drug-likeness (QED) is 0.325. The van der Waals surface area contributed by atoms with Crippen LogP contribution in [0.25, 0.3) is 11.1 Å². The number of carbonyl (C=O) groups is 5. The van der Waals surface area contributed by atoms with Crippen molar-refractivity contribution in [3.63, 3.8) is 0 Å². The molecule has 1 aliphatic carbocycles. The van der Waals surface area contributed by atoms with Gasteiger partial charge in [0.05, 0.1) is 6.42 Å². The van der Waals surface area contributed by atoms with Gasteiger partial charge in [-0.1, -0.05) is 55.3 Å². The Morgan fingerprint density at radius 1 is 1.02 bits per heavy atom. The molecule has 4 aliphatic rings. The predicted molar refractivity (Wildman–Crippen MR) is 183 cm³/mol. The first-order valence-electron chi connectivity index (χ1n) is 17.7. The number of allylic oxidation sites excluding steroid dienone is 1. The molecule has 10 nitrogen and oxygen atoms in total. The average molecular weight is 688 g/mol. The number of fused-ring (bicyclic) bond motifs is 4. The highest BCUT2D eigenvalue weighted by molar-refractivity contribution is 5.97. The maximum Gasteiger partial charge on any atom is 0.330 e. The Balaban J connectivity index is 1.28. The maximum absolute atomic E-state index is 14.8. The fourth-order valence-corrected chi connectivity index (χ4v) is 7.93. The second-order valence-corrected chi connectivity index (χ2v) is 15.3. The smallest absolute Gasteiger partial charge is 0.330 e. The Morgan fingerprint density at radius 3 is 2.50 bits per heavy atom. The number of likely N-dealkylation sites (tertiary alicyclic amines) is 1. The highest BCUT2D eigenvalue weighted by Crippen LogP contribution is 2.46. The number of nitrogens with one attached hydrogen (secondary N) is 1. The van der Waals surface area contributed by atoms with Crippen molar-refractivity contribution in [2.24, 2.45) is 23.7 Å². The van der Waals surface area contributed by atoms with E-state index in [1.807, 2.05) is 18.2 Å². The molecule has 11 heteroatoms. The van der Waals surface area contributed by atoms with Gasteiger partial charge in [0.2, 0.25) is 11.8 Å². The number of hydrogen-bond donors (Lipinski definition) is 2. The molecule has 266 valence electrons. The number of carboxylic acid groups (broad SMARTS) is 1. The van der Waals surface area contributed by atoms with Gasteiger partial charge in [-0.15, -0.1) is 0 Å². The zero-order valence-electron chi connectivity index (χ0n) is 28.9. The van der Waals surface area contributed by atoms with Gasteiger partial charge in [0, 0.05) is 54.4 Å². The molecule has 3 amide bonds. The minimum atomic E-state index is -1.47. The Morgan fingerprint density at radius 2 is 1.78 bits per heavy atom. The number of benzene rings is 2. The number of esters is 1. The SMILES string of the molecule is CC(C)(C)OC(=O)C[C@@H]1CCCCC/C=C\[C@@H]2C[C@@]2(C(=O)O)NC(=O)[C@@H]2[C@H]3CN(C(=O)c4ccc(F)c(-c5ccccc5)c4)C[C@H]3CN2C1=O. The third kappa shape index (κ3) is 7.32. The number of rotatable bonds is 5. The van der Waals surface area contributed by atoms with Gasteiger partial charge in [0.25, 0.3) is 5.91 Å². The summed E-state index contributed by atoms with van der Waals surface area (Å²) in [5, 5.41) is 13.0. The van der Waals surface area contributed by atoms with Crippen LogP contribution in [0.5, 0.6) is 0 Å². The van der Waals surface area contributed by atoms with Crippen LogP contribution in [0.3, 0.4) is 0 Å². The monoisotopic (exact) mass is 687 g/mol. The minimum Gasteiger partial charge on any atom is -0.479 e. The fourth-order valence-electron chi connectivity index (χ4n) is 7.93. The zero-order chi connectivity index (χ0) is 35.8. The van der Waals surface area contributed by atoms with Crippen molar-refractivity contribution < 1.29 is 38.2 Å². The zero-order valence-corrected chi connectivity index (χ0v) is 28.9. The van der Waals surface area contributed by atoms with Gasteiger partial charge in [-0.25, -0.2) is 9.18 Å². The molecule has 3 fully saturated rings. The largest absolute Gasteiger partial charge is 0.479 e. The molecule has 0 spiro atoms. The Bertz CT molecular complexity index is 1690. The first kappa shape index (κ1) is 35.3. The van der Waals surface area contributed by atoms with Gasteiger partial charge in [-0.3, -0.25) is 19.2 Å². The average Bonchev–Trinajstić information content (AvgIpc) is 3.41. The number of carbonyl (C=O) groups excluding carboxylic acids is 4. The van der Waals surface area contributed by atoms with E-state index in [2.05, 4.69) is 5.32 Å². The number of aliphatic carboxylic acids is 1. The second-order valence-electron chi connectivity index (χ2n) is 15.3. The maximum atomic E-state index is 14.8. The molecule has 50 heavy (non-hydrogen) atoms. The highest BCUT2D eigenvalue weighted by Gasteiger charge is 2.62. The number of halogens is 1. The summed E-state index contributed by atoms with van der Waals surface area (Å²) in [4.78, 5) is 71.2. The summed E-state index contributed by atoms with van der Waals surface area (Å²) in [5.74, 6) is -5.10. The van der Waals surface area contributed by atoms with Gasteiger partial charge in [0.15, 0.2) is 0 Å². The first-order valence-corrected chi connectivity index (χ1v) is 17.7. The third-order valence-corrected chi connectivity index (χ3v) is 10.5. The van der Waals surface area contributed by atoms with Crippen LogP contribution in [0, 0.1) is 29.5 Å². The molecule has 2 N–H and O–H groups in total. The van der Waals surface area contributed by atoms with Crippen LogP contribution >= 0.6 is 0 Å². The van der Waals surface area contributed by atoms with E-state index in [9.17, 15) is 33.5 Å². The molecule has 0 aromatic heterocycles. The van der Waals surface area contributed by atoms with Crippen molar-refractivity contribution >= 4 is 29.7 Å². The van der Waals surface area contributed by atoms with Crippen LogP contribution in [0.2, 0.25) is 0 Å². The minimum absolute atomic E-state index is 0.129. The molecule has 0 bridgehead atoms. The number of carboxylic acids is 1. The van der Waals surface area contributed by atoms with Crippen LogP contribution in [0.15, 0.2) is 60.7 Å². The molecule has 3 aliphatic heterocycles. The van der Waals surface area contributed by atoms with E-state index in [0.717, 1.165) is 19.3 Å². The van der Waals surface area contributed by atoms with Crippen molar-refractivity contribution in [3.8, 4) is 11.1 Å². The van der Waals surface area contributed by atoms with E-state index in [4.69, 9.17) is 4.74 Å². The molecule has 6 rings (SSSR count). The topological polar surface area (TPSA) is 133 Å². The van der Waals surface area contributed by atoms with E-state index >= 15 is 0 Å². The van der Waals surface area contributed by atoms with Gasteiger partial charge < -0.3 is 25.0 Å². The first-order chi connectivity index (χ1) is 23.8. The van der Waals surface area contributed by atoms with Crippen molar-refractivity contribution in [1.29, 1.82) is 0 Å².